The van der Waals surface area contributed by atoms with E-state index in [1.807, 2.05) is 36.4 Å². The maximum Gasteiger partial charge on any atom is 1.00 e. The fourth-order valence-corrected chi connectivity index (χ4v) is 3.61. The largest absolute Gasteiger partial charge is 1.00 e. The Hall–Kier alpha value is -2.04. The average molecular weight is 379 g/mol. The molecule has 128 valence electrons. The van der Waals surface area contributed by atoms with Gasteiger partial charge in [0.05, 0.1) is 17.6 Å². The molecule has 8 nitrogen and oxygen atoms in total. The Morgan fingerprint density at radius 2 is 1.77 bits per heavy atom. The van der Waals surface area contributed by atoms with E-state index in [1.54, 1.807) is 12.1 Å². The smallest absolute Gasteiger partial charge is 1.00 e. The van der Waals surface area contributed by atoms with E-state index < -0.39 is 15.1 Å². The number of nitrogens with zero attached hydrogens (tertiary/aromatic N) is 3. The minimum Gasteiger partial charge on any atom is -1.00 e. The van der Waals surface area contributed by atoms with Crippen molar-refractivity contribution < 1.29 is 44.0 Å². The number of fused-ring (bicyclic) bond motifs is 1. The average Bonchev–Trinajstić information content (AvgIpc) is 3.04. The zero-order chi connectivity index (χ0) is 17.5. The number of nitrogens with one attached hydrogen (secondary N) is 2. The van der Waals surface area contributed by atoms with Crippen molar-refractivity contribution in [2.45, 2.75) is 4.99 Å². The minimum atomic E-state index is -4.67. The molecule has 1 atom stereocenters. The Kier molecular flexibility index (Phi) is 5.00. The summed E-state index contributed by atoms with van der Waals surface area (Å²) in [7, 11) is -4.67. The molecule has 2 heterocycles. The first-order valence-corrected chi connectivity index (χ1v) is 8.81. The van der Waals surface area contributed by atoms with Gasteiger partial charge in [-0.1, -0.05) is 42.5 Å². The first kappa shape index (κ1) is 18.7. The summed E-state index contributed by atoms with van der Waals surface area (Å²) in [4.78, 5) is 1.84. The number of hydrogen-bond acceptors (Lipinski definition) is 7. The van der Waals surface area contributed by atoms with E-state index in [2.05, 4.69) is 25.8 Å². The quantitative estimate of drug-likeness (QED) is 0.400. The molecule has 1 aromatic heterocycles. The van der Waals surface area contributed by atoms with Crippen LogP contribution < -0.4 is 40.2 Å². The van der Waals surface area contributed by atoms with E-state index in [9.17, 15) is 13.0 Å². The van der Waals surface area contributed by atoms with Crippen LogP contribution in [-0.4, -0.2) is 28.2 Å². The molecule has 0 bridgehead atoms. The van der Waals surface area contributed by atoms with Gasteiger partial charge in [-0.3, -0.25) is 4.55 Å². The predicted molar refractivity (Wildman–Crippen MR) is 93.3 cm³/mol. The summed E-state index contributed by atoms with van der Waals surface area (Å²) >= 11 is 0. The molecule has 3 N–H and O–H groups in total. The molecule has 0 radical (unpaired) electrons. The summed E-state index contributed by atoms with van der Waals surface area (Å²) in [6, 6.07) is 14.8. The molecule has 0 spiro atoms. The first-order chi connectivity index (χ1) is 12.0. The Morgan fingerprint density at radius 3 is 2.42 bits per heavy atom. The number of aromatic nitrogens is 3. The van der Waals surface area contributed by atoms with Crippen molar-refractivity contribution in [3.8, 4) is 11.1 Å². The monoisotopic (exact) mass is 379 g/mol. The zero-order valence-electron chi connectivity index (χ0n) is 14.8. The Bertz CT molecular complexity index is 1040. The number of benzene rings is 2. The SMILES string of the molecule is O=S(=O)(O)C1(c2nccnn2)Nc2cccc(-c3ccccc3)c2N1.[H-].[Na+]. The van der Waals surface area contributed by atoms with Crippen LogP contribution in [0, 0.1) is 0 Å². The zero-order valence-corrected chi connectivity index (χ0v) is 16.6. The van der Waals surface area contributed by atoms with Crippen molar-refractivity contribution in [1.29, 1.82) is 0 Å². The van der Waals surface area contributed by atoms with Crippen molar-refractivity contribution >= 4 is 21.5 Å². The fourth-order valence-electron chi connectivity index (χ4n) is 2.81. The molecule has 10 heteroatoms. The molecule has 1 aliphatic heterocycles. The fraction of sp³-hybridized carbons (Fsp3) is 0.0625. The van der Waals surface area contributed by atoms with Gasteiger partial charge >= 0.3 is 44.7 Å². The van der Waals surface area contributed by atoms with Crippen molar-refractivity contribution in [3.05, 3.63) is 66.7 Å². The van der Waals surface area contributed by atoms with E-state index in [-0.39, 0.29) is 36.8 Å². The summed E-state index contributed by atoms with van der Waals surface area (Å²) in [5.74, 6) is -0.201. The van der Waals surface area contributed by atoms with Gasteiger partial charge in [-0.2, -0.15) is 13.5 Å². The van der Waals surface area contributed by atoms with Crippen molar-refractivity contribution in [2.24, 2.45) is 0 Å². The first-order valence-electron chi connectivity index (χ1n) is 7.37. The van der Waals surface area contributed by atoms with Gasteiger partial charge in [0.15, 0.2) is 0 Å². The maximum atomic E-state index is 12.2. The minimum absolute atomic E-state index is 0. The Balaban J connectivity index is 0.00000131. The summed E-state index contributed by atoms with van der Waals surface area (Å²) in [5, 5.41) is 13.1. The van der Waals surface area contributed by atoms with Gasteiger partial charge in [0.2, 0.25) is 5.82 Å². The summed E-state index contributed by atoms with van der Waals surface area (Å²) in [5.41, 5.74) is 2.71. The standard InChI is InChI=1S/C16H13N5O3S.Na.H/c22-25(23,24)16(15-17-9-10-18-21-15)19-13-8-4-7-12(14(13)20-16)11-5-2-1-3-6-11;;/h1-10,19-20H,(H,22,23,24);;/q;+1;-1. The molecule has 0 aliphatic carbocycles. The van der Waals surface area contributed by atoms with Crippen LogP contribution in [0.4, 0.5) is 11.4 Å². The van der Waals surface area contributed by atoms with Crippen molar-refractivity contribution in [2.75, 3.05) is 10.6 Å². The maximum absolute atomic E-state index is 12.2. The van der Waals surface area contributed by atoms with E-state index in [4.69, 9.17) is 0 Å². The van der Waals surface area contributed by atoms with Gasteiger partial charge in [0.25, 0.3) is 0 Å². The summed E-state index contributed by atoms with van der Waals surface area (Å²) in [6.07, 6.45) is 2.62. The molecule has 0 saturated carbocycles. The molecule has 0 fully saturated rings. The van der Waals surface area contributed by atoms with Crippen LogP contribution in [0.5, 0.6) is 0 Å². The third-order valence-corrected chi connectivity index (χ3v) is 5.11. The van der Waals surface area contributed by atoms with E-state index >= 15 is 0 Å². The molecular formula is C16H14N5NaO3S. The molecule has 26 heavy (non-hydrogen) atoms. The van der Waals surface area contributed by atoms with E-state index in [0.29, 0.717) is 11.4 Å². The van der Waals surface area contributed by atoms with Crippen LogP contribution in [0.1, 0.15) is 7.25 Å². The van der Waals surface area contributed by atoms with E-state index in [0.717, 1.165) is 11.1 Å². The van der Waals surface area contributed by atoms with E-state index in [1.165, 1.54) is 12.4 Å². The summed E-state index contributed by atoms with van der Waals surface area (Å²) in [6.45, 7) is 0. The second-order valence-electron chi connectivity index (χ2n) is 5.47. The second-order valence-corrected chi connectivity index (χ2v) is 7.03. The topological polar surface area (TPSA) is 117 Å². The van der Waals surface area contributed by atoms with Gasteiger partial charge in [0, 0.05) is 11.8 Å². The molecule has 1 unspecified atom stereocenters. The van der Waals surface area contributed by atoms with Crippen LogP contribution in [0.2, 0.25) is 0 Å². The van der Waals surface area contributed by atoms with Crippen molar-refractivity contribution in [1.82, 2.24) is 15.2 Å². The van der Waals surface area contributed by atoms with Gasteiger partial charge < -0.3 is 12.1 Å². The number of hydrogen-bond donors (Lipinski definition) is 3. The van der Waals surface area contributed by atoms with Crippen molar-refractivity contribution in [3.63, 3.8) is 0 Å². The van der Waals surface area contributed by atoms with Crippen LogP contribution >= 0.6 is 0 Å². The molecular weight excluding hydrogens is 365 g/mol. The van der Waals surface area contributed by atoms with Crippen LogP contribution in [-0.2, 0) is 15.1 Å². The number of rotatable bonds is 3. The Morgan fingerprint density at radius 1 is 1.00 bits per heavy atom. The van der Waals surface area contributed by atoms with Crippen LogP contribution in [0.3, 0.4) is 0 Å². The normalized spacial score (nSPS) is 18.2. The van der Waals surface area contributed by atoms with Gasteiger partial charge in [-0.15, -0.1) is 5.10 Å². The molecule has 0 saturated heterocycles. The molecule has 2 aromatic carbocycles. The number of anilines is 2. The third kappa shape index (κ3) is 2.97. The van der Waals surface area contributed by atoms with Gasteiger partial charge in [-0.05, 0) is 11.6 Å². The predicted octanol–water partition coefficient (Wildman–Crippen LogP) is -0.809. The van der Waals surface area contributed by atoms with Crippen LogP contribution in [0.25, 0.3) is 11.1 Å². The third-order valence-electron chi connectivity index (χ3n) is 3.95. The molecule has 3 aromatic rings. The van der Waals surface area contributed by atoms with Gasteiger partial charge in [0.1, 0.15) is 0 Å². The number of para-hydroxylation sites is 1. The summed E-state index contributed by atoms with van der Waals surface area (Å²) < 4.78 is 34.3. The Labute approximate surface area is 173 Å². The molecule has 0 amide bonds. The van der Waals surface area contributed by atoms with Crippen LogP contribution in [0.15, 0.2) is 60.9 Å². The molecule has 1 aliphatic rings. The molecule has 4 rings (SSSR count). The second kappa shape index (κ2) is 6.93. The van der Waals surface area contributed by atoms with Gasteiger partial charge in [-0.25, -0.2) is 4.98 Å².